The number of amides is 3. The first-order chi connectivity index (χ1) is 9.90. The van der Waals surface area contributed by atoms with Crippen LogP contribution in [0, 0.1) is 0 Å². The van der Waals surface area contributed by atoms with Crippen molar-refractivity contribution >= 4 is 23.6 Å². The second kappa shape index (κ2) is 7.88. The molecule has 0 fully saturated rings. The third kappa shape index (κ3) is 5.94. The van der Waals surface area contributed by atoms with E-state index in [0.29, 0.717) is 5.69 Å². The molecule has 7 nitrogen and oxygen atoms in total. The molecule has 0 spiro atoms. The third-order valence-electron chi connectivity index (χ3n) is 2.46. The molecular weight excluding hydrogens is 274 g/mol. The minimum Gasteiger partial charge on any atom is -0.481 e. The van der Waals surface area contributed by atoms with E-state index in [1.807, 2.05) is 13.8 Å². The van der Waals surface area contributed by atoms with Crippen LogP contribution in [0.2, 0.25) is 0 Å². The number of hydrogen-bond donors (Lipinski definition) is 4. The molecule has 1 aromatic rings. The second-order valence-electron chi connectivity index (χ2n) is 4.70. The Morgan fingerprint density at radius 2 is 1.86 bits per heavy atom. The number of rotatable bonds is 6. The summed E-state index contributed by atoms with van der Waals surface area (Å²) in [5.41, 5.74) is 0.644. The zero-order valence-corrected chi connectivity index (χ0v) is 12.0. The van der Waals surface area contributed by atoms with E-state index in [1.165, 1.54) is 0 Å². The minimum atomic E-state index is -0.988. The second-order valence-corrected chi connectivity index (χ2v) is 4.70. The molecule has 0 bridgehead atoms. The van der Waals surface area contributed by atoms with Crippen LogP contribution in [0.25, 0.3) is 0 Å². The fourth-order valence-electron chi connectivity index (χ4n) is 1.59. The Morgan fingerprint density at radius 3 is 2.48 bits per heavy atom. The highest BCUT2D eigenvalue weighted by molar-refractivity contribution is 6.03. The molecule has 0 aliphatic carbocycles. The maximum atomic E-state index is 12.0. The molecule has 0 radical (unpaired) electrons. The van der Waals surface area contributed by atoms with Crippen LogP contribution in [0.4, 0.5) is 10.5 Å². The van der Waals surface area contributed by atoms with Gasteiger partial charge >= 0.3 is 12.0 Å². The average molecular weight is 293 g/mol. The number of carbonyl (C=O) groups is 3. The first-order valence-electron chi connectivity index (χ1n) is 6.56. The van der Waals surface area contributed by atoms with Crippen molar-refractivity contribution in [2.75, 3.05) is 11.9 Å². The molecule has 0 heterocycles. The van der Waals surface area contributed by atoms with E-state index >= 15 is 0 Å². The lowest BCUT2D eigenvalue weighted by molar-refractivity contribution is -0.136. The molecule has 0 atom stereocenters. The Kier molecular flexibility index (Phi) is 6.19. The number of nitrogens with one attached hydrogen (secondary N) is 3. The lowest BCUT2D eigenvalue weighted by Gasteiger charge is -2.13. The highest BCUT2D eigenvalue weighted by Gasteiger charge is 2.13. The maximum absolute atomic E-state index is 12.0. The number of hydrogen-bond acceptors (Lipinski definition) is 3. The quantitative estimate of drug-likeness (QED) is 0.636. The van der Waals surface area contributed by atoms with E-state index in [1.54, 1.807) is 24.3 Å². The standard InChI is InChI=1S/C14H19N3O4/c1-9(2)16-14(21)17-11-6-4-3-5-10(11)13(20)15-8-7-12(18)19/h3-6,9H,7-8H2,1-2H3,(H,15,20)(H,18,19)(H2,16,17,21). The predicted molar refractivity (Wildman–Crippen MR) is 78.3 cm³/mol. The summed E-state index contributed by atoms with van der Waals surface area (Å²) in [6.07, 6.45) is -0.158. The topological polar surface area (TPSA) is 108 Å². The normalized spacial score (nSPS) is 10.0. The van der Waals surface area contributed by atoms with Crippen LogP contribution < -0.4 is 16.0 Å². The van der Waals surface area contributed by atoms with E-state index in [2.05, 4.69) is 16.0 Å². The van der Waals surface area contributed by atoms with Gasteiger partial charge in [0.25, 0.3) is 5.91 Å². The van der Waals surface area contributed by atoms with E-state index in [9.17, 15) is 14.4 Å². The van der Waals surface area contributed by atoms with Crippen LogP contribution in [-0.4, -0.2) is 35.6 Å². The van der Waals surface area contributed by atoms with Crippen LogP contribution >= 0.6 is 0 Å². The summed E-state index contributed by atoms with van der Waals surface area (Å²) in [4.78, 5) is 34.1. The average Bonchev–Trinajstić information content (AvgIpc) is 2.37. The fraction of sp³-hybridized carbons (Fsp3) is 0.357. The van der Waals surface area contributed by atoms with E-state index in [0.717, 1.165) is 0 Å². The fourth-order valence-corrected chi connectivity index (χ4v) is 1.59. The molecule has 4 N–H and O–H groups in total. The van der Waals surface area contributed by atoms with Gasteiger partial charge in [0.05, 0.1) is 17.7 Å². The largest absolute Gasteiger partial charge is 0.481 e. The van der Waals surface area contributed by atoms with Crippen LogP contribution in [0.15, 0.2) is 24.3 Å². The Labute approximate surface area is 122 Å². The molecule has 0 aliphatic rings. The van der Waals surface area contributed by atoms with Crippen LogP contribution in [0.5, 0.6) is 0 Å². The number of carboxylic acid groups (broad SMARTS) is 1. The van der Waals surface area contributed by atoms with Crippen molar-refractivity contribution in [1.82, 2.24) is 10.6 Å². The summed E-state index contributed by atoms with van der Waals surface area (Å²) in [6, 6.07) is 6.08. The number of anilines is 1. The molecule has 1 rings (SSSR count). The van der Waals surface area contributed by atoms with Crippen molar-refractivity contribution in [2.45, 2.75) is 26.3 Å². The van der Waals surface area contributed by atoms with Gasteiger partial charge in [-0.15, -0.1) is 0 Å². The Morgan fingerprint density at radius 1 is 1.19 bits per heavy atom. The SMILES string of the molecule is CC(C)NC(=O)Nc1ccccc1C(=O)NCCC(=O)O. The summed E-state index contributed by atoms with van der Waals surface area (Å²) >= 11 is 0. The Hall–Kier alpha value is -2.57. The maximum Gasteiger partial charge on any atom is 0.319 e. The number of para-hydroxylation sites is 1. The summed E-state index contributed by atoms with van der Waals surface area (Å²) in [7, 11) is 0. The molecule has 0 aliphatic heterocycles. The Bertz CT molecular complexity index is 529. The van der Waals surface area contributed by atoms with Crippen molar-refractivity contribution < 1.29 is 19.5 Å². The van der Waals surface area contributed by atoms with Gasteiger partial charge in [0.1, 0.15) is 0 Å². The monoisotopic (exact) mass is 293 g/mol. The zero-order chi connectivity index (χ0) is 15.8. The zero-order valence-electron chi connectivity index (χ0n) is 12.0. The molecule has 21 heavy (non-hydrogen) atoms. The van der Waals surface area contributed by atoms with Gasteiger partial charge in [0.15, 0.2) is 0 Å². The number of urea groups is 1. The molecule has 0 unspecified atom stereocenters. The van der Waals surface area contributed by atoms with Gasteiger partial charge in [-0.05, 0) is 26.0 Å². The number of aliphatic carboxylic acids is 1. The van der Waals surface area contributed by atoms with Gasteiger partial charge in [0.2, 0.25) is 0 Å². The number of benzene rings is 1. The molecule has 114 valence electrons. The van der Waals surface area contributed by atoms with Crippen LogP contribution in [0.1, 0.15) is 30.6 Å². The molecule has 0 saturated heterocycles. The van der Waals surface area contributed by atoms with Gasteiger partial charge in [0, 0.05) is 12.6 Å². The van der Waals surface area contributed by atoms with Crippen LogP contribution in [-0.2, 0) is 4.79 Å². The first kappa shape index (κ1) is 16.5. The van der Waals surface area contributed by atoms with Crippen molar-refractivity contribution in [2.24, 2.45) is 0 Å². The number of carboxylic acids is 1. The van der Waals surface area contributed by atoms with Crippen LogP contribution in [0.3, 0.4) is 0 Å². The highest BCUT2D eigenvalue weighted by Crippen LogP contribution is 2.14. The molecule has 7 heteroatoms. The lowest BCUT2D eigenvalue weighted by Crippen LogP contribution is -2.35. The molecule has 0 aromatic heterocycles. The third-order valence-corrected chi connectivity index (χ3v) is 2.46. The molecular formula is C14H19N3O4. The van der Waals surface area contributed by atoms with Crippen molar-refractivity contribution in [3.8, 4) is 0 Å². The summed E-state index contributed by atoms with van der Waals surface area (Å²) in [5.74, 6) is -1.42. The minimum absolute atomic E-state index is 0.0263. The summed E-state index contributed by atoms with van der Waals surface area (Å²) in [6.45, 7) is 3.68. The van der Waals surface area contributed by atoms with Gasteiger partial charge in [-0.3, -0.25) is 9.59 Å². The highest BCUT2D eigenvalue weighted by atomic mass is 16.4. The molecule has 3 amide bonds. The van der Waals surface area contributed by atoms with Crippen molar-refractivity contribution in [3.05, 3.63) is 29.8 Å². The number of carbonyl (C=O) groups excluding carboxylic acids is 2. The van der Waals surface area contributed by atoms with E-state index < -0.39 is 17.9 Å². The lowest BCUT2D eigenvalue weighted by atomic mass is 10.1. The smallest absolute Gasteiger partial charge is 0.319 e. The van der Waals surface area contributed by atoms with Gasteiger partial charge < -0.3 is 21.1 Å². The van der Waals surface area contributed by atoms with Gasteiger partial charge in [-0.1, -0.05) is 12.1 Å². The van der Waals surface area contributed by atoms with E-state index in [4.69, 9.17) is 5.11 Å². The van der Waals surface area contributed by atoms with Crippen molar-refractivity contribution in [3.63, 3.8) is 0 Å². The summed E-state index contributed by atoms with van der Waals surface area (Å²) < 4.78 is 0. The Balaban J connectivity index is 2.72. The van der Waals surface area contributed by atoms with Gasteiger partial charge in [-0.25, -0.2) is 4.79 Å². The van der Waals surface area contributed by atoms with Crippen molar-refractivity contribution in [1.29, 1.82) is 0 Å². The molecule has 0 saturated carbocycles. The predicted octanol–water partition coefficient (Wildman–Crippen LogP) is 1.42. The summed E-state index contributed by atoms with van der Waals surface area (Å²) in [5, 5.41) is 16.3. The van der Waals surface area contributed by atoms with Gasteiger partial charge in [-0.2, -0.15) is 0 Å². The van der Waals surface area contributed by atoms with E-state index in [-0.39, 0.29) is 24.6 Å². The molecule has 1 aromatic carbocycles. The first-order valence-corrected chi connectivity index (χ1v) is 6.56.